The Morgan fingerprint density at radius 2 is 2.20 bits per heavy atom. The van der Waals surface area contributed by atoms with Gasteiger partial charge in [-0.05, 0) is 28.5 Å². The molecule has 1 amide bonds. The summed E-state index contributed by atoms with van der Waals surface area (Å²) in [5.74, 6) is -0.0598. The van der Waals surface area contributed by atoms with E-state index in [0.717, 1.165) is 28.6 Å². The third-order valence-electron chi connectivity index (χ3n) is 3.23. The van der Waals surface area contributed by atoms with Crippen LogP contribution in [0, 0.1) is 0 Å². The highest BCUT2D eigenvalue weighted by Crippen LogP contribution is 2.24. The molecule has 3 aromatic rings. The van der Waals surface area contributed by atoms with E-state index in [0.29, 0.717) is 0 Å². The number of carbonyl (C=O) groups excluding carboxylic acids is 1. The zero-order chi connectivity index (χ0) is 13.9. The Balaban J connectivity index is 2.04. The quantitative estimate of drug-likeness (QED) is 0.764. The first-order valence-electron chi connectivity index (χ1n) is 6.49. The second-order valence-electron chi connectivity index (χ2n) is 4.79. The standard InChI is InChI=1S/C16H15N3O/c1-11(20)19-14-6-5-12-3-2-4-13(16(12)8-14)7-15-9-17-10-18-15/h2-6,8-10H,7H2,1H3,(H,17,18)(H,19,20). The van der Waals surface area contributed by atoms with Crippen LogP contribution in [-0.4, -0.2) is 15.9 Å². The van der Waals surface area contributed by atoms with Crippen LogP contribution in [0.5, 0.6) is 0 Å². The Hall–Kier alpha value is -2.62. The summed E-state index contributed by atoms with van der Waals surface area (Å²) in [6.07, 6.45) is 4.31. The number of nitrogens with one attached hydrogen (secondary N) is 2. The molecule has 3 rings (SSSR count). The molecule has 2 aromatic carbocycles. The Labute approximate surface area is 116 Å². The van der Waals surface area contributed by atoms with Crippen LogP contribution in [0.15, 0.2) is 48.9 Å². The summed E-state index contributed by atoms with van der Waals surface area (Å²) >= 11 is 0. The number of H-pyrrole nitrogens is 1. The molecule has 0 aliphatic carbocycles. The first kappa shape index (κ1) is 12.4. The summed E-state index contributed by atoms with van der Waals surface area (Å²) in [7, 11) is 0. The van der Waals surface area contributed by atoms with Crippen LogP contribution in [0.4, 0.5) is 5.69 Å². The van der Waals surface area contributed by atoms with Gasteiger partial charge in [0, 0.05) is 30.9 Å². The van der Waals surface area contributed by atoms with E-state index in [-0.39, 0.29) is 5.91 Å². The molecule has 2 N–H and O–H groups in total. The van der Waals surface area contributed by atoms with E-state index in [4.69, 9.17) is 0 Å². The first-order chi connectivity index (χ1) is 9.72. The minimum absolute atomic E-state index is 0.0598. The van der Waals surface area contributed by atoms with Crippen molar-refractivity contribution in [1.82, 2.24) is 9.97 Å². The number of aromatic amines is 1. The summed E-state index contributed by atoms with van der Waals surface area (Å²) < 4.78 is 0. The average molecular weight is 265 g/mol. The molecule has 0 aliphatic heterocycles. The van der Waals surface area contributed by atoms with Crippen molar-refractivity contribution in [2.24, 2.45) is 0 Å². The molecule has 100 valence electrons. The minimum atomic E-state index is -0.0598. The molecular formula is C16H15N3O. The van der Waals surface area contributed by atoms with E-state index < -0.39 is 0 Å². The van der Waals surface area contributed by atoms with Gasteiger partial charge in [-0.3, -0.25) is 4.79 Å². The number of nitrogens with zero attached hydrogens (tertiary/aromatic N) is 1. The molecule has 20 heavy (non-hydrogen) atoms. The van der Waals surface area contributed by atoms with Crippen LogP contribution in [0.3, 0.4) is 0 Å². The molecule has 4 nitrogen and oxygen atoms in total. The van der Waals surface area contributed by atoms with Crippen LogP contribution >= 0.6 is 0 Å². The van der Waals surface area contributed by atoms with Gasteiger partial charge in [0.25, 0.3) is 0 Å². The molecule has 0 saturated carbocycles. The maximum atomic E-state index is 11.2. The summed E-state index contributed by atoms with van der Waals surface area (Å²) in [4.78, 5) is 18.3. The number of hydrogen-bond acceptors (Lipinski definition) is 2. The number of fused-ring (bicyclic) bond motifs is 1. The second-order valence-corrected chi connectivity index (χ2v) is 4.79. The smallest absolute Gasteiger partial charge is 0.221 e. The number of benzene rings is 2. The Morgan fingerprint density at radius 3 is 2.95 bits per heavy atom. The lowest BCUT2D eigenvalue weighted by Crippen LogP contribution is -2.05. The van der Waals surface area contributed by atoms with Crippen molar-refractivity contribution in [3.05, 3.63) is 60.2 Å². The number of anilines is 1. The third-order valence-corrected chi connectivity index (χ3v) is 3.23. The Morgan fingerprint density at radius 1 is 1.30 bits per heavy atom. The van der Waals surface area contributed by atoms with E-state index in [9.17, 15) is 4.79 Å². The summed E-state index contributed by atoms with van der Waals surface area (Å²) in [6.45, 7) is 1.51. The molecule has 0 spiro atoms. The van der Waals surface area contributed by atoms with Gasteiger partial charge in [-0.1, -0.05) is 24.3 Å². The largest absolute Gasteiger partial charge is 0.348 e. The summed E-state index contributed by atoms with van der Waals surface area (Å²) in [6, 6.07) is 12.2. The highest BCUT2D eigenvalue weighted by Gasteiger charge is 2.05. The molecular weight excluding hydrogens is 250 g/mol. The third kappa shape index (κ3) is 2.54. The minimum Gasteiger partial charge on any atom is -0.348 e. The highest BCUT2D eigenvalue weighted by molar-refractivity contribution is 5.94. The molecule has 1 aromatic heterocycles. The van der Waals surface area contributed by atoms with Crippen molar-refractivity contribution in [3.63, 3.8) is 0 Å². The molecule has 1 heterocycles. The number of rotatable bonds is 3. The fraction of sp³-hybridized carbons (Fsp3) is 0.125. The van der Waals surface area contributed by atoms with Crippen molar-refractivity contribution >= 4 is 22.4 Å². The van der Waals surface area contributed by atoms with Gasteiger partial charge in [0.15, 0.2) is 0 Å². The summed E-state index contributed by atoms with van der Waals surface area (Å²) in [5.41, 5.74) is 3.10. The molecule has 4 heteroatoms. The van der Waals surface area contributed by atoms with E-state index in [1.807, 2.05) is 30.5 Å². The topological polar surface area (TPSA) is 57.8 Å². The molecule has 0 unspecified atom stereocenters. The van der Waals surface area contributed by atoms with Gasteiger partial charge in [0.1, 0.15) is 0 Å². The van der Waals surface area contributed by atoms with Gasteiger partial charge in [-0.2, -0.15) is 0 Å². The van der Waals surface area contributed by atoms with Crippen molar-refractivity contribution < 1.29 is 4.79 Å². The van der Waals surface area contributed by atoms with Crippen LogP contribution < -0.4 is 5.32 Å². The van der Waals surface area contributed by atoms with E-state index in [1.54, 1.807) is 6.33 Å². The van der Waals surface area contributed by atoms with Crippen LogP contribution in [0.25, 0.3) is 10.8 Å². The number of hydrogen-bond donors (Lipinski definition) is 2. The van der Waals surface area contributed by atoms with Crippen LogP contribution in [0.1, 0.15) is 18.2 Å². The molecule has 0 saturated heterocycles. The van der Waals surface area contributed by atoms with Gasteiger partial charge < -0.3 is 10.3 Å². The van der Waals surface area contributed by atoms with Gasteiger partial charge in [-0.25, -0.2) is 4.98 Å². The molecule has 0 radical (unpaired) electrons. The van der Waals surface area contributed by atoms with Crippen LogP contribution in [-0.2, 0) is 11.2 Å². The zero-order valence-electron chi connectivity index (χ0n) is 11.2. The number of imidazole rings is 1. The molecule has 0 atom stereocenters. The van der Waals surface area contributed by atoms with E-state index >= 15 is 0 Å². The van der Waals surface area contributed by atoms with Crippen molar-refractivity contribution in [2.45, 2.75) is 13.3 Å². The average Bonchev–Trinajstić information content (AvgIpc) is 2.92. The lowest BCUT2D eigenvalue weighted by Gasteiger charge is -2.08. The van der Waals surface area contributed by atoms with Gasteiger partial charge in [0.05, 0.1) is 6.33 Å². The predicted molar refractivity (Wildman–Crippen MR) is 79.6 cm³/mol. The fourth-order valence-corrected chi connectivity index (χ4v) is 2.36. The van der Waals surface area contributed by atoms with E-state index in [1.165, 1.54) is 12.5 Å². The van der Waals surface area contributed by atoms with Gasteiger partial charge in [-0.15, -0.1) is 0 Å². The summed E-state index contributed by atoms with van der Waals surface area (Å²) in [5, 5.41) is 5.13. The maximum absolute atomic E-state index is 11.2. The van der Waals surface area contributed by atoms with Gasteiger partial charge >= 0.3 is 0 Å². The zero-order valence-corrected chi connectivity index (χ0v) is 11.2. The Kier molecular flexibility index (Phi) is 3.21. The van der Waals surface area contributed by atoms with Crippen molar-refractivity contribution in [1.29, 1.82) is 0 Å². The highest BCUT2D eigenvalue weighted by atomic mass is 16.1. The first-order valence-corrected chi connectivity index (χ1v) is 6.49. The molecule has 0 fully saturated rings. The van der Waals surface area contributed by atoms with Gasteiger partial charge in [0.2, 0.25) is 5.91 Å². The van der Waals surface area contributed by atoms with Crippen molar-refractivity contribution in [2.75, 3.05) is 5.32 Å². The van der Waals surface area contributed by atoms with Crippen LogP contribution in [0.2, 0.25) is 0 Å². The Bertz CT molecular complexity index is 748. The van der Waals surface area contributed by atoms with Crippen molar-refractivity contribution in [3.8, 4) is 0 Å². The second kappa shape index (κ2) is 5.17. The SMILES string of the molecule is CC(=O)Nc1ccc2cccc(Cc3cnc[nH]3)c2c1. The monoisotopic (exact) mass is 265 g/mol. The number of amides is 1. The normalized spacial score (nSPS) is 10.7. The maximum Gasteiger partial charge on any atom is 0.221 e. The number of aromatic nitrogens is 2. The number of carbonyl (C=O) groups is 1. The lowest BCUT2D eigenvalue weighted by molar-refractivity contribution is -0.114. The molecule has 0 aliphatic rings. The van der Waals surface area contributed by atoms with E-state index in [2.05, 4.69) is 27.4 Å². The lowest BCUT2D eigenvalue weighted by atomic mass is 10.0. The predicted octanol–water partition coefficient (Wildman–Crippen LogP) is 3.11. The molecule has 0 bridgehead atoms. The fourth-order valence-electron chi connectivity index (χ4n) is 2.36.